The van der Waals surface area contributed by atoms with Gasteiger partial charge < -0.3 is 15.6 Å². The highest BCUT2D eigenvalue weighted by atomic mass is 16.5. The highest BCUT2D eigenvalue weighted by Crippen LogP contribution is 2.32. The predicted molar refractivity (Wildman–Crippen MR) is 102 cm³/mol. The van der Waals surface area contributed by atoms with Crippen LogP contribution in [0.4, 0.5) is 11.4 Å². The van der Waals surface area contributed by atoms with Crippen molar-refractivity contribution < 1.29 is 24.2 Å². The fourth-order valence-corrected chi connectivity index (χ4v) is 2.94. The average Bonchev–Trinajstić information content (AvgIpc) is 2.94. The lowest BCUT2D eigenvalue weighted by Gasteiger charge is -2.13. The van der Waals surface area contributed by atoms with Gasteiger partial charge in [0.05, 0.1) is 22.4 Å². The smallest absolute Gasteiger partial charge is 0.335 e. The monoisotopic (exact) mass is 374 g/mol. The number of carbonyl (C=O) groups excluding carboxylic acids is 2. The number of carbonyl (C=O) groups is 3. The SMILES string of the molecule is Nc1ccc(Oc2ccc3c(c2)C(=O)N(c2ccc(C(=O)O)cc2)C3=O)cc1. The van der Waals surface area contributed by atoms with Gasteiger partial charge in [0.2, 0.25) is 0 Å². The Balaban J connectivity index is 1.63. The highest BCUT2D eigenvalue weighted by molar-refractivity contribution is 6.34. The van der Waals surface area contributed by atoms with Crippen LogP contribution in [0.25, 0.3) is 0 Å². The molecule has 28 heavy (non-hydrogen) atoms. The number of rotatable bonds is 4. The Bertz CT molecular complexity index is 1100. The lowest BCUT2D eigenvalue weighted by molar-refractivity contribution is 0.0696. The number of aromatic carboxylic acids is 1. The van der Waals surface area contributed by atoms with E-state index in [2.05, 4.69) is 0 Å². The van der Waals surface area contributed by atoms with Crippen LogP contribution in [0.15, 0.2) is 66.7 Å². The van der Waals surface area contributed by atoms with Crippen molar-refractivity contribution in [2.45, 2.75) is 0 Å². The normalized spacial score (nSPS) is 12.8. The zero-order valence-corrected chi connectivity index (χ0v) is 14.5. The molecule has 3 aromatic rings. The number of imide groups is 1. The molecule has 0 aliphatic carbocycles. The molecule has 0 saturated heterocycles. The quantitative estimate of drug-likeness (QED) is 0.534. The predicted octanol–water partition coefficient (Wildman–Crippen LogP) is 3.56. The van der Waals surface area contributed by atoms with Gasteiger partial charge in [-0.05, 0) is 66.7 Å². The van der Waals surface area contributed by atoms with E-state index in [1.54, 1.807) is 30.3 Å². The number of hydrogen-bond acceptors (Lipinski definition) is 5. The summed E-state index contributed by atoms with van der Waals surface area (Å²) >= 11 is 0. The van der Waals surface area contributed by atoms with Crippen LogP contribution >= 0.6 is 0 Å². The number of nitrogen functional groups attached to an aromatic ring is 1. The molecule has 138 valence electrons. The van der Waals surface area contributed by atoms with Crippen LogP contribution in [-0.4, -0.2) is 22.9 Å². The Morgan fingerprint density at radius 3 is 2.07 bits per heavy atom. The molecule has 0 aromatic heterocycles. The van der Waals surface area contributed by atoms with Gasteiger partial charge in [-0.2, -0.15) is 0 Å². The Labute approximate surface area is 159 Å². The summed E-state index contributed by atoms with van der Waals surface area (Å²) in [4.78, 5) is 37.5. The van der Waals surface area contributed by atoms with Crippen molar-refractivity contribution in [3.8, 4) is 11.5 Å². The second-order valence-corrected chi connectivity index (χ2v) is 6.18. The first-order valence-corrected chi connectivity index (χ1v) is 8.33. The van der Waals surface area contributed by atoms with E-state index in [0.717, 1.165) is 4.90 Å². The van der Waals surface area contributed by atoms with Gasteiger partial charge in [-0.15, -0.1) is 0 Å². The van der Waals surface area contributed by atoms with Crippen LogP contribution in [0.3, 0.4) is 0 Å². The number of benzene rings is 3. The molecular weight excluding hydrogens is 360 g/mol. The fraction of sp³-hybridized carbons (Fsp3) is 0. The molecule has 2 amide bonds. The molecule has 0 spiro atoms. The molecule has 0 radical (unpaired) electrons. The zero-order chi connectivity index (χ0) is 19.8. The Morgan fingerprint density at radius 1 is 0.821 bits per heavy atom. The minimum Gasteiger partial charge on any atom is -0.478 e. The van der Waals surface area contributed by atoms with Crippen LogP contribution in [0.2, 0.25) is 0 Å². The number of hydrogen-bond donors (Lipinski definition) is 2. The number of nitrogens with zero attached hydrogens (tertiary/aromatic N) is 1. The summed E-state index contributed by atoms with van der Waals surface area (Å²) in [7, 11) is 0. The van der Waals surface area contributed by atoms with Crippen LogP contribution in [0.1, 0.15) is 31.1 Å². The molecule has 1 heterocycles. The van der Waals surface area contributed by atoms with Crippen molar-refractivity contribution in [1.29, 1.82) is 0 Å². The Hall–Kier alpha value is -4.13. The molecule has 3 N–H and O–H groups in total. The maximum absolute atomic E-state index is 12.8. The van der Waals surface area contributed by atoms with Gasteiger partial charge in [-0.25, -0.2) is 9.69 Å². The summed E-state index contributed by atoms with van der Waals surface area (Å²) in [5.41, 5.74) is 7.11. The van der Waals surface area contributed by atoms with Crippen molar-refractivity contribution in [3.05, 3.63) is 83.4 Å². The standard InChI is InChI=1S/C21H14N2O5/c22-13-3-7-15(8-4-13)28-16-9-10-17-18(11-16)20(25)23(19(17)24)14-5-1-12(2-6-14)21(26)27/h1-11H,22H2,(H,26,27). The topological polar surface area (TPSA) is 110 Å². The lowest BCUT2D eigenvalue weighted by Crippen LogP contribution is -2.29. The molecule has 7 nitrogen and oxygen atoms in total. The molecule has 3 aromatic carbocycles. The number of fused-ring (bicyclic) bond motifs is 1. The van der Waals surface area contributed by atoms with Gasteiger partial charge in [0.25, 0.3) is 11.8 Å². The first kappa shape index (κ1) is 17.3. The largest absolute Gasteiger partial charge is 0.478 e. The first-order valence-electron chi connectivity index (χ1n) is 8.33. The molecular formula is C21H14N2O5. The number of carboxylic acids is 1. The number of amides is 2. The second-order valence-electron chi connectivity index (χ2n) is 6.18. The Morgan fingerprint density at radius 2 is 1.43 bits per heavy atom. The molecule has 0 saturated carbocycles. The van der Waals surface area contributed by atoms with Crippen molar-refractivity contribution >= 4 is 29.2 Å². The van der Waals surface area contributed by atoms with Crippen molar-refractivity contribution in [2.75, 3.05) is 10.6 Å². The van der Waals surface area contributed by atoms with Crippen LogP contribution in [-0.2, 0) is 0 Å². The number of nitrogens with two attached hydrogens (primary N) is 1. The summed E-state index contributed by atoms with van der Waals surface area (Å²) in [5, 5.41) is 8.99. The van der Waals surface area contributed by atoms with Gasteiger partial charge in [-0.3, -0.25) is 9.59 Å². The summed E-state index contributed by atoms with van der Waals surface area (Å²) in [5.74, 6) is -1.09. The molecule has 1 aliphatic heterocycles. The maximum Gasteiger partial charge on any atom is 0.335 e. The van der Waals surface area contributed by atoms with Crippen LogP contribution in [0.5, 0.6) is 11.5 Å². The summed E-state index contributed by atoms with van der Waals surface area (Å²) in [6.45, 7) is 0. The van der Waals surface area contributed by atoms with E-state index in [4.69, 9.17) is 15.6 Å². The van der Waals surface area contributed by atoms with Gasteiger partial charge in [0, 0.05) is 5.69 Å². The van der Waals surface area contributed by atoms with Crippen molar-refractivity contribution in [2.24, 2.45) is 0 Å². The third-order valence-corrected chi connectivity index (χ3v) is 4.35. The van der Waals surface area contributed by atoms with E-state index in [9.17, 15) is 14.4 Å². The van der Waals surface area contributed by atoms with Gasteiger partial charge in [0.1, 0.15) is 11.5 Å². The van der Waals surface area contributed by atoms with E-state index < -0.39 is 17.8 Å². The highest BCUT2D eigenvalue weighted by Gasteiger charge is 2.37. The lowest BCUT2D eigenvalue weighted by atomic mass is 10.1. The van der Waals surface area contributed by atoms with E-state index in [1.165, 1.54) is 36.4 Å². The Kier molecular flexibility index (Phi) is 4.04. The summed E-state index contributed by atoms with van der Waals surface area (Å²) < 4.78 is 5.72. The minimum atomic E-state index is -1.08. The second kappa shape index (κ2) is 6.55. The van der Waals surface area contributed by atoms with Crippen molar-refractivity contribution in [3.63, 3.8) is 0 Å². The summed E-state index contributed by atoms with van der Waals surface area (Å²) in [6.07, 6.45) is 0. The molecule has 0 bridgehead atoms. The van der Waals surface area contributed by atoms with E-state index >= 15 is 0 Å². The van der Waals surface area contributed by atoms with Gasteiger partial charge in [0.15, 0.2) is 0 Å². The molecule has 7 heteroatoms. The van der Waals surface area contributed by atoms with E-state index in [-0.39, 0.29) is 16.7 Å². The van der Waals surface area contributed by atoms with Gasteiger partial charge in [-0.1, -0.05) is 0 Å². The molecule has 4 rings (SSSR count). The zero-order valence-electron chi connectivity index (χ0n) is 14.5. The average molecular weight is 374 g/mol. The van der Waals surface area contributed by atoms with Crippen LogP contribution in [0, 0.1) is 0 Å². The molecule has 0 atom stereocenters. The number of carboxylic acid groups (broad SMARTS) is 1. The molecule has 0 fully saturated rings. The van der Waals surface area contributed by atoms with E-state index in [1.807, 2.05) is 0 Å². The number of ether oxygens (including phenoxy) is 1. The third kappa shape index (κ3) is 2.95. The van der Waals surface area contributed by atoms with Gasteiger partial charge >= 0.3 is 5.97 Å². The fourth-order valence-electron chi connectivity index (χ4n) is 2.94. The molecule has 0 unspecified atom stereocenters. The maximum atomic E-state index is 12.8. The third-order valence-electron chi connectivity index (χ3n) is 4.35. The minimum absolute atomic E-state index is 0.0690. The van der Waals surface area contributed by atoms with Crippen molar-refractivity contribution in [1.82, 2.24) is 0 Å². The van der Waals surface area contributed by atoms with Crippen LogP contribution < -0.4 is 15.4 Å². The number of anilines is 2. The van der Waals surface area contributed by atoms with E-state index in [0.29, 0.717) is 22.9 Å². The first-order chi connectivity index (χ1) is 13.4. The summed E-state index contributed by atoms with van der Waals surface area (Å²) in [6, 6.07) is 17.0. The molecule has 1 aliphatic rings.